The van der Waals surface area contributed by atoms with Crippen molar-refractivity contribution in [2.75, 3.05) is 5.32 Å². The first-order valence-corrected chi connectivity index (χ1v) is 12.3. The van der Waals surface area contributed by atoms with Crippen LogP contribution in [0.15, 0.2) is 72.0 Å². The van der Waals surface area contributed by atoms with Gasteiger partial charge in [0.2, 0.25) is 12.0 Å². The molecule has 4 aromatic rings. The summed E-state index contributed by atoms with van der Waals surface area (Å²) in [7, 11) is 0. The fourth-order valence-electron chi connectivity index (χ4n) is 4.65. The molecule has 4 heterocycles. The highest BCUT2D eigenvalue weighted by atomic mass is 19.1. The first-order valence-electron chi connectivity index (χ1n) is 12.3. The van der Waals surface area contributed by atoms with Gasteiger partial charge in [-0.1, -0.05) is 42.5 Å². The Kier molecular flexibility index (Phi) is 6.10. The summed E-state index contributed by atoms with van der Waals surface area (Å²) in [6, 6.07) is 14.7. The van der Waals surface area contributed by atoms with Crippen molar-refractivity contribution in [1.82, 2.24) is 20.1 Å². The molecule has 2 aromatic heterocycles. The number of halogens is 2. The van der Waals surface area contributed by atoms with Gasteiger partial charge in [-0.05, 0) is 19.1 Å². The summed E-state index contributed by atoms with van der Waals surface area (Å²) >= 11 is 0. The number of nitrogens with zero attached hydrogens (tertiary/aromatic N) is 4. The zero-order valence-corrected chi connectivity index (χ0v) is 20.7. The lowest BCUT2D eigenvalue weighted by molar-refractivity contribution is -0.117. The van der Waals surface area contributed by atoms with Crippen molar-refractivity contribution in [3.63, 3.8) is 0 Å². The largest absolute Gasteiger partial charge is 0.474 e. The summed E-state index contributed by atoms with van der Waals surface area (Å²) in [5, 5.41) is 9.63. The molecule has 2 atom stereocenters. The first-order chi connectivity index (χ1) is 18.9. The van der Waals surface area contributed by atoms with Gasteiger partial charge in [0.15, 0.2) is 5.82 Å². The fourth-order valence-corrected chi connectivity index (χ4v) is 4.65. The van der Waals surface area contributed by atoms with Gasteiger partial charge in [0, 0.05) is 35.9 Å². The van der Waals surface area contributed by atoms with Gasteiger partial charge in [0.25, 0.3) is 11.8 Å². The van der Waals surface area contributed by atoms with Crippen LogP contribution in [0.2, 0.25) is 0 Å². The number of aromatic nitrogens is 3. The van der Waals surface area contributed by atoms with E-state index < -0.39 is 29.6 Å². The summed E-state index contributed by atoms with van der Waals surface area (Å²) in [4.78, 5) is 35.4. The number of ether oxygens (including phenoxy) is 1. The number of pyridine rings is 1. The number of rotatable bonds is 4. The summed E-state index contributed by atoms with van der Waals surface area (Å²) in [5.74, 6) is -2.64. The Hall–Kier alpha value is -4.93. The van der Waals surface area contributed by atoms with E-state index in [9.17, 15) is 18.4 Å². The predicted octanol–water partition coefficient (Wildman–Crippen LogP) is 3.94. The van der Waals surface area contributed by atoms with E-state index in [1.165, 1.54) is 29.1 Å². The number of amides is 2. The second-order valence-electron chi connectivity index (χ2n) is 9.20. The molecular weight excluding hydrogens is 506 g/mol. The van der Waals surface area contributed by atoms with E-state index in [1.807, 2.05) is 13.0 Å². The third kappa shape index (κ3) is 4.41. The van der Waals surface area contributed by atoms with E-state index >= 15 is 0 Å². The average molecular weight is 529 g/mol. The van der Waals surface area contributed by atoms with Gasteiger partial charge in [0.05, 0.1) is 23.7 Å². The van der Waals surface area contributed by atoms with Crippen LogP contribution < -0.4 is 15.4 Å². The molecule has 11 heteroatoms. The molecule has 0 radical (unpaired) electrons. The smallest absolute Gasteiger partial charge is 0.269 e. The molecule has 0 spiro atoms. The minimum Gasteiger partial charge on any atom is -0.474 e. The minimum absolute atomic E-state index is 0.0381. The number of hydrogen-bond donors (Lipinski definition) is 2. The lowest BCUT2D eigenvalue weighted by Gasteiger charge is -2.22. The zero-order chi connectivity index (χ0) is 27.1. The first kappa shape index (κ1) is 24.4. The molecule has 9 nitrogen and oxygen atoms in total. The lowest BCUT2D eigenvalue weighted by atomic mass is 10.0. The SMILES string of the molecule is C[C@H]1CCn2nc(-c3ccncc3F)c(C(=O)N[C@H]3N=C(c4ccccc4)c4cccc(F)c4NC3=O)c2O1. The number of carbonyl (C=O) groups is 2. The Morgan fingerprint density at radius 2 is 1.90 bits per heavy atom. The number of aliphatic imine (C=N–C) groups is 1. The summed E-state index contributed by atoms with van der Waals surface area (Å²) in [6.07, 6.45) is 1.42. The van der Waals surface area contributed by atoms with Crippen molar-refractivity contribution in [2.45, 2.75) is 32.2 Å². The average Bonchev–Trinajstić information content (AvgIpc) is 3.24. The van der Waals surface area contributed by atoms with E-state index in [0.717, 1.165) is 6.20 Å². The number of benzodiazepines with no additional fused rings is 1. The summed E-state index contributed by atoms with van der Waals surface area (Å²) in [6.45, 7) is 2.31. The Morgan fingerprint density at radius 3 is 2.69 bits per heavy atom. The van der Waals surface area contributed by atoms with Crippen LogP contribution in [0.5, 0.6) is 5.88 Å². The Morgan fingerprint density at radius 1 is 1.08 bits per heavy atom. The Balaban J connectivity index is 1.44. The number of nitrogens with one attached hydrogen (secondary N) is 2. The topological polar surface area (TPSA) is 111 Å². The van der Waals surface area contributed by atoms with Crippen LogP contribution in [0.4, 0.5) is 14.5 Å². The van der Waals surface area contributed by atoms with Gasteiger partial charge in [-0.2, -0.15) is 5.10 Å². The highest BCUT2D eigenvalue weighted by molar-refractivity contribution is 6.20. The maximum Gasteiger partial charge on any atom is 0.269 e. The van der Waals surface area contributed by atoms with Crippen molar-refractivity contribution in [2.24, 2.45) is 4.99 Å². The highest BCUT2D eigenvalue weighted by Crippen LogP contribution is 2.35. The van der Waals surface area contributed by atoms with Gasteiger partial charge in [0.1, 0.15) is 17.1 Å². The monoisotopic (exact) mass is 528 g/mol. The predicted molar refractivity (Wildman–Crippen MR) is 138 cm³/mol. The Bertz CT molecular complexity index is 1640. The summed E-state index contributed by atoms with van der Waals surface area (Å²) < 4.78 is 37.0. The molecule has 0 fully saturated rings. The molecule has 2 aliphatic rings. The van der Waals surface area contributed by atoms with Gasteiger partial charge in [-0.25, -0.2) is 18.5 Å². The maximum atomic E-state index is 14.8. The van der Waals surface area contributed by atoms with Crippen molar-refractivity contribution in [1.29, 1.82) is 0 Å². The van der Waals surface area contributed by atoms with Crippen LogP contribution in [-0.4, -0.2) is 44.6 Å². The van der Waals surface area contributed by atoms with Crippen LogP contribution in [0.3, 0.4) is 0 Å². The molecule has 0 saturated carbocycles. The molecule has 2 N–H and O–H groups in total. The number of hydrogen-bond acceptors (Lipinski definition) is 6. The quantitative estimate of drug-likeness (QED) is 0.417. The van der Waals surface area contributed by atoms with Crippen LogP contribution in [0, 0.1) is 11.6 Å². The van der Waals surface area contributed by atoms with Crippen LogP contribution >= 0.6 is 0 Å². The number of para-hydroxylation sites is 1. The van der Waals surface area contributed by atoms with Gasteiger partial charge >= 0.3 is 0 Å². The van der Waals surface area contributed by atoms with Crippen LogP contribution in [-0.2, 0) is 11.3 Å². The molecule has 2 aliphatic heterocycles. The van der Waals surface area contributed by atoms with Gasteiger partial charge < -0.3 is 15.4 Å². The molecule has 39 heavy (non-hydrogen) atoms. The summed E-state index contributed by atoms with van der Waals surface area (Å²) in [5.41, 5.74) is 1.33. The molecule has 2 aromatic carbocycles. The molecule has 0 unspecified atom stereocenters. The number of carbonyl (C=O) groups excluding carboxylic acids is 2. The third-order valence-electron chi connectivity index (χ3n) is 6.56. The van der Waals surface area contributed by atoms with Crippen molar-refractivity contribution in [3.8, 4) is 17.1 Å². The fraction of sp³-hybridized carbons (Fsp3) is 0.179. The molecule has 196 valence electrons. The number of anilines is 1. The number of aryl methyl sites for hydroxylation is 1. The van der Waals surface area contributed by atoms with E-state index in [2.05, 4.69) is 25.7 Å². The van der Waals surface area contributed by atoms with Gasteiger partial charge in [-0.3, -0.25) is 14.6 Å². The molecular formula is C28H22F2N6O3. The van der Waals surface area contributed by atoms with E-state index in [0.29, 0.717) is 29.8 Å². The second kappa shape index (κ2) is 9.75. The molecule has 6 rings (SSSR count). The van der Waals surface area contributed by atoms with E-state index in [-0.39, 0.29) is 34.5 Å². The third-order valence-corrected chi connectivity index (χ3v) is 6.56. The van der Waals surface area contributed by atoms with Crippen molar-refractivity contribution in [3.05, 3.63) is 95.3 Å². The van der Waals surface area contributed by atoms with Crippen molar-refractivity contribution < 1.29 is 23.1 Å². The van der Waals surface area contributed by atoms with Crippen LogP contribution in [0.1, 0.15) is 34.8 Å². The molecule has 0 aliphatic carbocycles. The second-order valence-corrected chi connectivity index (χ2v) is 9.20. The standard InChI is InChI=1S/C28H22F2N6O3/c1-15-11-13-36-28(39-15)21(24(35-36)17-10-12-31-14-20(17)30)26(37)34-25-27(38)33-23-18(8-5-9-19(23)29)22(32-25)16-6-3-2-4-7-16/h2-10,12,14-15,25H,11,13H2,1H3,(H,33,38)(H,34,37)/t15-,25+/m0/s1. The van der Waals surface area contributed by atoms with Crippen molar-refractivity contribution >= 4 is 23.2 Å². The highest BCUT2D eigenvalue weighted by Gasteiger charge is 2.34. The van der Waals surface area contributed by atoms with E-state index in [1.54, 1.807) is 30.3 Å². The number of benzene rings is 2. The molecule has 2 amide bonds. The Labute approximate surface area is 221 Å². The van der Waals surface area contributed by atoms with Gasteiger partial charge in [-0.15, -0.1) is 0 Å². The minimum atomic E-state index is -1.44. The molecule has 0 bridgehead atoms. The maximum absolute atomic E-state index is 14.8. The lowest BCUT2D eigenvalue weighted by Crippen LogP contribution is -2.42. The van der Waals surface area contributed by atoms with E-state index in [4.69, 9.17) is 4.74 Å². The number of fused-ring (bicyclic) bond motifs is 2. The van der Waals surface area contributed by atoms with Crippen LogP contribution in [0.25, 0.3) is 11.3 Å². The molecule has 0 saturated heterocycles. The normalized spacial score (nSPS) is 18.1. The zero-order valence-electron chi connectivity index (χ0n) is 20.7.